The first kappa shape index (κ1) is 10.6. The molecule has 0 fully saturated rings. The van der Waals surface area contributed by atoms with Gasteiger partial charge in [-0.05, 0) is 19.1 Å². The number of carbonyl (C=O) groups is 1. The van der Waals surface area contributed by atoms with Crippen molar-refractivity contribution >= 4 is 17.6 Å². The molecule has 0 spiro atoms. The first-order chi connectivity index (χ1) is 7.58. The van der Waals surface area contributed by atoms with E-state index in [2.05, 4.69) is 10.1 Å². The molecule has 0 aromatic carbocycles. The van der Waals surface area contributed by atoms with Crippen LogP contribution in [0.2, 0.25) is 5.02 Å². The SMILES string of the molecule is Cc1nn(-c2cc(C(=O)O)ccn2)cc1Cl. The second kappa shape index (κ2) is 3.94. The highest BCUT2D eigenvalue weighted by atomic mass is 35.5. The van der Waals surface area contributed by atoms with Crippen molar-refractivity contribution in [3.63, 3.8) is 0 Å². The molecule has 0 saturated heterocycles. The number of hydrogen-bond donors (Lipinski definition) is 1. The Morgan fingerprint density at radius 3 is 2.88 bits per heavy atom. The lowest BCUT2D eigenvalue weighted by atomic mass is 10.3. The molecule has 0 aliphatic heterocycles. The van der Waals surface area contributed by atoms with Gasteiger partial charge in [0.1, 0.15) is 0 Å². The zero-order valence-electron chi connectivity index (χ0n) is 8.38. The van der Waals surface area contributed by atoms with Gasteiger partial charge in [0, 0.05) is 6.20 Å². The van der Waals surface area contributed by atoms with Gasteiger partial charge in [-0.3, -0.25) is 0 Å². The number of aromatic nitrogens is 3. The minimum atomic E-state index is -1.00. The third kappa shape index (κ3) is 1.90. The van der Waals surface area contributed by atoms with Crippen molar-refractivity contribution in [2.75, 3.05) is 0 Å². The van der Waals surface area contributed by atoms with E-state index in [1.807, 2.05) is 0 Å². The van der Waals surface area contributed by atoms with Crippen LogP contribution in [0.15, 0.2) is 24.5 Å². The average molecular weight is 238 g/mol. The summed E-state index contributed by atoms with van der Waals surface area (Å²) in [5.74, 6) is -0.575. The molecule has 82 valence electrons. The number of pyridine rings is 1. The quantitative estimate of drug-likeness (QED) is 0.867. The number of carboxylic acids is 1. The molecule has 2 rings (SSSR count). The molecular weight excluding hydrogens is 230 g/mol. The van der Waals surface area contributed by atoms with Crippen LogP contribution in [0.4, 0.5) is 0 Å². The number of hydrogen-bond acceptors (Lipinski definition) is 3. The van der Waals surface area contributed by atoms with Gasteiger partial charge in [-0.25, -0.2) is 14.5 Å². The van der Waals surface area contributed by atoms with Crippen molar-refractivity contribution in [3.05, 3.63) is 40.8 Å². The summed E-state index contributed by atoms with van der Waals surface area (Å²) in [7, 11) is 0. The Morgan fingerprint density at radius 2 is 2.31 bits per heavy atom. The molecular formula is C10H8ClN3O2. The highest BCUT2D eigenvalue weighted by molar-refractivity contribution is 6.31. The van der Waals surface area contributed by atoms with Gasteiger partial charge in [-0.2, -0.15) is 5.10 Å². The maximum absolute atomic E-state index is 10.8. The predicted molar refractivity (Wildman–Crippen MR) is 58.1 cm³/mol. The van der Waals surface area contributed by atoms with Crippen molar-refractivity contribution < 1.29 is 9.90 Å². The van der Waals surface area contributed by atoms with E-state index in [-0.39, 0.29) is 5.56 Å². The Hall–Kier alpha value is -1.88. The van der Waals surface area contributed by atoms with E-state index < -0.39 is 5.97 Å². The molecule has 2 heterocycles. The third-order valence-electron chi connectivity index (χ3n) is 2.07. The summed E-state index contributed by atoms with van der Waals surface area (Å²) in [6.45, 7) is 1.76. The fourth-order valence-electron chi connectivity index (χ4n) is 1.23. The Kier molecular flexibility index (Phi) is 2.62. The molecule has 5 nitrogen and oxygen atoms in total. The minimum Gasteiger partial charge on any atom is -0.478 e. The summed E-state index contributed by atoms with van der Waals surface area (Å²) in [5, 5.41) is 13.5. The van der Waals surface area contributed by atoms with Crippen LogP contribution in [0.25, 0.3) is 5.82 Å². The van der Waals surface area contributed by atoms with E-state index in [4.69, 9.17) is 16.7 Å². The highest BCUT2D eigenvalue weighted by Gasteiger charge is 2.08. The first-order valence-corrected chi connectivity index (χ1v) is 4.87. The number of rotatable bonds is 2. The number of halogens is 1. The van der Waals surface area contributed by atoms with E-state index in [1.54, 1.807) is 13.1 Å². The largest absolute Gasteiger partial charge is 0.478 e. The lowest BCUT2D eigenvalue weighted by Crippen LogP contribution is -2.02. The van der Waals surface area contributed by atoms with E-state index in [9.17, 15) is 4.79 Å². The van der Waals surface area contributed by atoms with E-state index >= 15 is 0 Å². The topological polar surface area (TPSA) is 68.0 Å². The smallest absolute Gasteiger partial charge is 0.335 e. The molecule has 0 unspecified atom stereocenters. The van der Waals surface area contributed by atoms with Gasteiger partial charge in [0.15, 0.2) is 5.82 Å². The summed E-state index contributed by atoms with van der Waals surface area (Å²) in [4.78, 5) is 14.8. The zero-order valence-corrected chi connectivity index (χ0v) is 9.14. The fraction of sp³-hybridized carbons (Fsp3) is 0.100. The molecule has 0 saturated carbocycles. The summed E-state index contributed by atoms with van der Waals surface area (Å²) >= 11 is 5.85. The van der Waals surface area contributed by atoms with Gasteiger partial charge in [0.25, 0.3) is 0 Å². The van der Waals surface area contributed by atoms with Crippen LogP contribution in [0.1, 0.15) is 16.1 Å². The molecule has 16 heavy (non-hydrogen) atoms. The van der Waals surface area contributed by atoms with Crippen LogP contribution >= 0.6 is 11.6 Å². The molecule has 0 aliphatic carbocycles. The van der Waals surface area contributed by atoms with Crippen molar-refractivity contribution in [1.82, 2.24) is 14.8 Å². The zero-order chi connectivity index (χ0) is 11.7. The van der Waals surface area contributed by atoms with Crippen LogP contribution in [0, 0.1) is 6.92 Å². The van der Waals surface area contributed by atoms with E-state index in [0.29, 0.717) is 16.5 Å². The van der Waals surface area contributed by atoms with Gasteiger partial charge < -0.3 is 5.11 Å². The third-order valence-corrected chi connectivity index (χ3v) is 2.44. The van der Waals surface area contributed by atoms with Crippen LogP contribution < -0.4 is 0 Å². The molecule has 0 radical (unpaired) electrons. The molecule has 0 amide bonds. The Morgan fingerprint density at radius 1 is 1.56 bits per heavy atom. The monoisotopic (exact) mass is 237 g/mol. The molecule has 6 heteroatoms. The Balaban J connectivity index is 2.48. The molecule has 1 N–H and O–H groups in total. The number of aromatic carboxylic acids is 1. The van der Waals surface area contributed by atoms with Crippen molar-refractivity contribution in [2.24, 2.45) is 0 Å². The van der Waals surface area contributed by atoms with Gasteiger partial charge in [0.05, 0.1) is 22.5 Å². The maximum Gasteiger partial charge on any atom is 0.335 e. The van der Waals surface area contributed by atoms with Gasteiger partial charge in [-0.1, -0.05) is 11.6 Å². The van der Waals surface area contributed by atoms with Gasteiger partial charge >= 0.3 is 5.97 Å². The van der Waals surface area contributed by atoms with Crippen molar-refractivity contribution in [1.29, 1.82) is 0 Å². The lowest BCUT2D eigenvalue weighted by molar-refractivity contribution is 0.0696. The molecule has 0 bridgehead atoms. The van der Waals surface area contributed by atoms with Crippen LogP contribution in [0.3, 0.4) is 0 Å². The molecule has 2 aromatic rings. The molecule has 0 aliphatic rings. The van der Waals surface area contributed by atoms with E-state index in [0.717, 1.165) is 0 Å². The summed E-state index contributed by atoms with van der Waals surface area (Å²) < 4.78 is 1.45. The lowest BCUT2D eigenvalue weighted by Gasteiger charge is -2.00. The van der Waals surface area contributed by atoms with Crippen molar-refractivity contribution in [2.45, 2.75) is 6.92 Å². The van der Waals surface area contributed by atoms with Crippen LogP contribution in [0.5, 0.6) is 0 Å². The number of nitrogens with zero attached hydrogens (tertiary/aromatic N) is 3. The normalized spacial score (nSPS) is 10.4. The molecule has 2 aromatic heterocycles. The standard InChI is InChI=1S/C10H8ClN3O2/c1-6-8(11)5-14(13-6)9-4-7(10(15)16)2-3-12-9/h2-5H,1H3,(H,15,16). The molecule has 0 atom stereocenters. The predicted octanol–water partition coefficient (Wildman–Crippen LogP) is 1.93. The Labute approximate surface area is 96.3 Å². The summed E-state index contributed by atoms with van der Waals surface area (Å²) in [5.41, 5.74) is 0.832. The van der Waals surface area contributed by atoms with Crippen LogP contribution in [-0.4, -0.2) is 25.8 Å². The van der Waals surface area contributed by atoms with Crippen molar-refractivity contribution in [3.8, 4) is 5.82 Å². The van der Waals surface area contributed by atoms with E-state index in [1.165, 1.54) is 23.0 Å². The summed E-state index contributed by atoms with van der Waals surface area (Å²) in [6.07, 6.45) is 3.01. The fourth-order valence-corrected chi connectivity index (χ4v) is 1.36. The second-order valence-corrected chi connectivity index (χ2v) is 3.62. The maximum atomic E-state index is 10.8. The Bertz CT molecular complexity index is 531. The highest BCUT2D eigenvalue weighted by Crippen LogP contribution is 2.15. The second-order valence-electron chi connectivity index (χ2n) is 3.21. The van der Waals surface area contributed by atoms with Crippen LogP contribution in [-0.2, 0) is 0 Å². The average Bonchev–Trinajstić information content (AvgIpc) is 2.59. The van der Waals surface area contributed by atoms with Gasteiger partial charge in [0.2, 0.25) is 0 Å². The minimum absolute atomic E-state index is 0.161. The number of aryl methyl sites for hydroxylation is 1. The first-order valence-electron chi connectivity index (χ1n) is 4.49. The number of carboxylic acid groups (broad SMARTS) is 1. The summed E-state index contributed by atoms with van der Waals surface area (Å²) in [6, 6.07) is 2.86. The van der Waals surface area contributed by atoms with Gasteiger partial charge in [-0.15, -0.1) is 0 Å².